The minimum absolute atomic E-state index is 0.00403. The van der Waals surface area contributed by atoms with E-state index >= 15 is 0 Å². The number of nitrogens with two attached hydrogens (primary N) is 1. The highest BCUT2D eigenvalue weighted by Gasteiger charge is 2.17. The van der Waals surface area contributed by atoms with Crippen molar-refractivity contribution in [2.24, 2.45) is 0 Å². The third kappa shape index (κ3) is 4.02. The summed E-state index contributed by atoms with van der Waals surface area (Å²) >= 11 is 0. The Bertz CT molecular complexity index is 481. The first-order valence-corrected chi connectivity index (χ1v) is 7.18. The third-order valence-corrected chi connectivity index (χ3v) is 4.17. The van der Waals surface area contributed by atoms with E-state index in [1.807, 2.05) is 13.8 Å². The molecule has 0 aliphatic rings. The second kappa shape index (κ2) is 5.51. The lowest BCUT2D eigenvalue weighted by Gasteiger charge is -2.10. The van der Waals surface area contributed by atoms with E-state index in [1.54, 1.807) is 25.1 Å². The molecule has 0 aliphatic carbocycles. The van der Waals surface area contributed by atoms with Gasteiger partial charge >= 0.3 is 0 Å². The first-order valence-electron chi connectivity index (χ1n) is 5.53. The molecule has 1 aromatic carbocycles. The van der Waals surface area contributed by atoms with Gasteiger partial charge in [0.25, 0.3) is 0 Å². The number of anilines is 1. The molecule has 17 heavy (non-hydrogen) atoms. The standard InChI is InChI=1S/C12H19NO3S/c1-9(2)16-6-7-17(14,15)12-5-4-11(13)8-10(12)3/h4-5,8-9H,6-7,13H2,1-3H3. The molecule has 0 aliphatic heterocycles. The molecular weight excluding hydrogens is 238 g/mol. The highest BCUT2D eigenvalue weighted by Crippen LogP contribution is 2.19. The number of hydrogen-bond donors (Lipinski definition) is 1. The van der Waals surface area contributed by atoms with Crippen LogP contribution < -0.4 is 5.73 Å². The van der Waals surface area contributed by atoms with Crippen molar-refractivity contribution in [3.63, 3.8) is 0 Å². The maximum absolute atomic E-state index is 12.0. The summed E-state index contributed by atoms with van der Waals surface area (Å²) in [7, 11) is -3.28. The molecule has 0 bridgehead atoms. The van der Waals surface area contributed by atoms with Gasteiger partial charge in [-0.1, -0.05) is 0 Å². The molecule has 0 aromatic heterocycles. The van der Waals surface area contributed by atoms with Gasteiger partial charge in [-0.15, -0.1) is 0 Å². The van der Waals surface area contributed by atoms with E-state index in [1.165, 1.54) is 0 Å². The first kappa shape index (κ1) is 14.0. The summed E-state index contributed by atoms with van der Waals surface area (Å²) in [6.07, 6.45) is 0.0396. The molecule has 0 radical (unpaired) electrons. The molecule has 0 heterocycles. The molecule has 0 saturated carbocycles. The van der Waals surface area contributed by atoms with Gasteiger partial charge in [0.1, 0.15) is 0 Å². The quantitative estimate of drug-likeness (QED) is 0.816. The van der Waals surface area contributed by atoms with Crippen LogP contribution in [0.1, 0.15) is 19.4 Å². The lowest BCUT2D eigenvalue weighted by atomic mass is 10.2. The maximum atomic E-state index is 12.0. The van der Waals surface area contributed by atoms with Crippen molar-refractivity contribution in [1.82, 2.24) is 0 Å². The van der Waals surface area contributed by atoms with Gasteiger partial charge in [0.15, 0.2) is 9.84 Å². The van der Waals surface area contributed by atoms with E-state index < -0.39 is 9.84 Å². The fourth-order valence-electron chi connectivity index (χ4n) is 1.53. The number of sulfone groups is 1. The zero-order valence-electron chi connectivity index (χ0n) is 10.4. The molecule has 5 heteroatoms. The van der Waals surface area contributed by atoms with Gasteiger partial charge in [0, 0.05) is 5.69 Å². The highest BCUT2D eigenvalue weighted by molar-refractivity contribution is 7.91. The van der Waals surface area contributed by atoms with Crippen LogP contribution in [0.4, 0.5) is 5.69 Å². The van der Waals surface area contributed by atoms with Crippen LogP contribution in [0.5, 0.6) is 0 Å². The number of ether oxygens (including phenoxy) is 1. The molecule has 96 valence electrons. The number of rotatable bonds is 5. The minimum Gasteiger partial charge on any atom is -0.399 e. The number of aryl methyl sites for hydroxylation is 1. The van der Waals surface area contributed by atoms with Crippen molar-refractivity contribution >= 4 is 15.5 Å². The van der Waals surface area contributed by atoms with Gasteiger partial charge in [-0.05, 0) is 44.5 Å². The van der Waals surface area contributed by atoms with Gasteiger partial charge in [-0.2, -0.15) is 0 Å². The van der Waals surface area contributed by atoms with Crippen molar-refractivity contribution < 1.29 is 13.2 Å². The van der Waals surface area contributed by atoms with Crippen molar-refractivity contribution in [2.45, 2.75) is 31.8 Å². The van der Waals surface area contributed by atoms with Crippen LogP contribution in [-0.4, -0.2) is 26.9 Å². The first-order chi connectivity index (χ1) is 7.83. The summed E-state index contributed by atoms with van der Waals surface area (Å²) in [5.74, 6) is -0.00403. The molecule has 2 N–H and O–H groups in total. The Labute approximate surface area is 103 Å². The third-order valence-electron chi connectivity index (χ3n) is 2.34. The Kier molecular flexibility index (Phi) is 4.54. The molecule has 0 unspecified atom stereocenters. The van der Waals surface area contributed by atoms with E-state index in [0.29, 0.717) is 16.1 Å². The number of nitrogen functional groups attached to an aromatic ring is 1. The Morgan fingerprint density at radius 1 is 1.35 bits per heavy atom. The van der Waals surface area contributed by atoms with Gasteiger partial charge in [-0.3, -0.25) is 0 Å². The summed E-state index contributed by atoms with van der Waals surface area (Å²) in [5.41, 5.74) is 6.84. The zero-order valence-corrected chi connectivity index (χ0v) is 11.3. The largest absolute Gasteiger partial charge is 0.399 e. The summed E-state index contributed by atoms with van der Waals surface area (Å²) in [6.45, 7) is 5.71. The number of benzene rings is 1. The maximum Gasteiger partial charge on any atom is 0.180 e. The van der Waals surface area contributed by atoms with Crippen molar-refractivity contribution in [3.8, 4) is 0 Å². The summed E-state index contributed by atoms with van der Waals surface area (Å²) in [5, 5.41) is 0. The molecule has 0 atom stereocenters. The van der Waals surface area contributed by atoms with E-state index in [9.17, 15) is 8.42 Å². The van der Waals surface area contributed by atoms with Crippen molar-refractivity contribution in [2.75, 3.05) is 18.1 Å². The predicted molar refractivity (Wildman–Crippen MR) is 68.7 cm³/mol. The smallest absolute Gasteiger partial charge is 0.180 e. The van der Waals surface area contributed by atoms with E-state index in [-0.39, 0.29) is 18.5 Å². The van der Waals surface area contributed by atoms with Crippen LogP contribution in [0.2, 0.25) is 0 Å². The molecule has 0 amide bonds. The van der Waals surface area contributed by atoms with Crippen LogP contribution in [-0.2, 0) is 14.6 Å². The summed E-state index contributed by atoms with van der Waals surface area (Å²) in [4.78, 5) is 0.332. The van der Waals surface area contributed by atoms with Crippen LogP contribution in [0.3, 0.4) is 0 Å². The SMILES string of the molecule is Cc1cc(N)ccc1S(=O)(=O)CCOC(C)C. The van der Waals surface area contributed by atoms with Crippen molar-refractivity contribution in [3.05, 3.63) is 23.8 Å². The van der Waals surface area contributed by atoms with Crippen LogP contribution in [0.15, 0.2) is 23.1 Å². The summed E-state index contributed by atoms with van der Waals surface area (Å²) < 4.78 is 29.3. The number of hydrogen-bond acceptors (Lipinski definition) is 4. The minimum atomic E-state index is -3.28. The highest BCUT2D eigenvalue weighted by atomic mass is 32.2. The Morgan fingerprint density at radius 3 is 2.53 bits per heavy atom. The van der Waals surface area contributed by atoms with Gasteiger partial charge in [0.05, 0.1) is 23.4 Å². The second-order valence-electron chi connectivity index (χ2n) is 4.26. The molecule has 1 rings (SSSR count). The molecular formula is C12H19NO3S. The van der Waals surface area contributed by atoms with Gasteiger partial charge in [-0.25, -0.2) is 8.42 Å². The molecule has 0 spiro atoms. The molecule has 4 nitrogen and oxygen atoms in total. The fraction of sp³-hybridized carbons (Fsp3) is 0.500. The average molecular weight is 257 g/mol. The van der Waals surface area contributed by atoms with E-state index in [4.69, 9.17) is 10.5 Å². The van der Waals surface area contributed by atoms with Crippen LogP contribution in [0, 0.1) is 6.92 Å². The van der Waals surface area contributed by atoms with Crippen LogP contribution >= 0.6 is 0 Å². The Hall–Kier alpha value is -1.07. The molecule has 0 saturated heterocycles. The van der Waals surface area contributed by atoms with Crippen LogP contribution in [0.25, 0.3) is 0 Å². The monoisotopic (exact) mass is 257 g/mol. The average Bonchev–Trinajstić information content (AvgIpc) is 2.15. The lowest BCUT2D eigenvalue weighted by Crippen LogP contribution is -2.16. The predicted octanol–water partition coefficient (Wildman–Crippen LogP) is 1.78. The van der Waals surface area contributed by atoms with Gasteiger partial charge in [0.2, 0.25) is 0 Å². The van der Waals surface area contributed by atoms with E-state index in [0.717, 1.165) is 0 Å². The zero-order chi connectivity index (χ0) is 13.1. The Morgan fingerprint density at radius 2 is 2.00 bits per heavy atom. The van der Waals surface area contributed by atoms with E-state index in [2.05, 4.69) is 0 Å². The second-order valence-corrected chi connectivity index (χ2v) is 6.34. The van der Waals surface area contributed by atoms with Gasteiger partial charge < -0.3 is 10.5 Å². The molecule has 0 fully saturated rings. The topological polar surface area (TPSA) is 69.4 Å². The molecule has 1 aromatic rings. The lowest BCUT2D eigenvalue weighted by molar-refractivity contribution is 0.0912. The summed E-state index contributed by atoms with van der Waals surface area (Å²) in [6, 6.07) is 4.81. The Balaban J connectivity index is 2.83. The normalized spacial score (nSPS) is 12.0. The fourth-order valence-corrected chi connectivity index (χ4v) is 2.89. The van der Waals surface area contributed by atoms with Crippen molar-refractivity contribution in [1.29, 1.82) is 0 Å².